The standard InChI is InChI=1S/C13H29NO3/c1-4-7-12(14)13(5-2)17-9-6-8-16-11-10-15-3/h12-13H,4-11,14H2,1-3H3. The summed E-state index contributed by atoms with van der Waals surface area (Å²) in [6.07, 6.45) is 4.23. The minimum Gasteiger partial charge on any atom is -0.382 e. The second kappa shape index (κ2) is 12.3. The van der Waals surface area contributed by atoms with Gasteiger partial charge in [-0.2, -0.15) is 0 Å². The lowest BCUT2D eigenvalue weighted by atomic mass is 10.0. The summed E-state index contributed by atoms with van der Waals surface area (Å²) in [5, 5.41) is 0. The predicted molar refractivity (Wildman–Crippen MR) is 70.2 cm³/mol. The highest BCUT2D eigenvalue weighted by molar-refractivity contribution is 4.71. The van der Waals surface area contributed by atoms with E-state index in [1.54, 1.807) is 7.11 Å². The van der Waals surface area contributed by atoms with Gasteiger partial charge in [-0.05, 0) is 19.3 Å². The Balaban J connectivity index is 3.43. The Labute approximate surface area is 106 Å². The molecule has 0 aliphatic carbocycles. The Morgan fingerprint density at radius 3 is 2.41 bits per heavy atom. The summed E-state index contributed by atoms with van der Waals surface area (Å²) in [5.74, 6) is 0. The lowest BCUT2D eigenvalue weighted by molar-refractivity contribution is 0.0101. The molecule has 0 fully saturated rings. The van der Waals surface area contributed by atoms with E-state index in [9.17, 15) is 0 Å². The third kappa shape index (κ3) is 9.53. The van der Waals surface area contributed by atoms with Crippen molar-refractivity contribution in [2.75, 3.05) is 33.5 Å². The van der Waals surface area contributed by atoms with Crippen molar-refractivity contribution < 1.29 is 14.2 Å². The summed E-state index contributed by atoms with van der Waals surface area (Å²) < 4.78 is 16.0. The maximum absolute atomic E-state index is 6.05. The third-order valence-corrected chi connectivity index (χ3v) is 2.70. The van der Waals surface area contributed by atoms with E-state index in [0.29, 0.717) is 13.2 Å². The molecule has 2 atom stereocenters. The Bertz CT molecular complexity index is 156. The zero-order chi connectivity index (χ0) is 12.9. The fourth-order valence-corrected chi connectivity index (χ4v) is 1.70. The van der Waals surface area contributed by atoms with Gasteiger partial charge in [0, 0.05) is 26.4 Å². The van der Waals surface area contributed by atoms with E-state index in [2.05, 4.69) is 13.8 Å². The molecule has 0 heterocycles. The van der Waals surface area contributed by atoms with Gasteiger partial charge in [-0.15, -0.1) is 0 Å². The van der Waals surface area contributed by atoms with Crippen LogP contribution in [0.25, 0.3) is 0 Å². The minimum absolute atomic E-state index is 0.166. The molecule has 104 valence electrons. The molecule has 0 aromatic carbocycles. The predicted octanol–water partition coefficient (Wildman–Crippen LogP) is 1.96. The Kier molecular flexibility index (Phi) is 12.2. The van der Waals surface area contributed by atoms with Crippen LogP contribution in [-0.4, -0.2) is 45.7 Å². The molecule has 0 spiro atoms. The van der Waals surface area contributed by atoms with Crippen molar-refractivity contribution >= 4 is 0 Å². The lowest BCUT2D eigenvalue weighted by Crippen LogP contribution is -2.36. The molecule has 0 rings (SSSR count). The Hall–Kier alpha value is -0.160. The number of rotatable bonds is 12. The summed E-state index contributed by atoms with van der Waals surface area (Å²) in [7, 11) is 1.67. The average molecular weight is 247 g/mol. The van der Waals surface area contributed by atoms with E-state index >= 15 is 0 Å². The Morgan fingerprint density at radius 1 is 1.06 bits per heavy atom. The van der Waals surface area contributed by atoms with Gasteiger partial charge < -0.3 is 19.9 Å². The van der Waals surface area contributed by atoms with Crippen LogP contribution in [-0.2, 0) is 14.2 Å². The first-order chi connectivity index (χ1) is 8.26. The van der Waals surface area contributed by atoms with Gasteiger partial charge in [-0.3, -0.25) is 0 Å². The molecule has 0 saturated carbocycles. The van der Waals surface area contributed by atoms with E-state index in [4.69, 9.17) is 19.9 Å². The van der Waals surface area contributed by atoms with Gasteiger partial charge in [0.1, 0.15) is 0 Å². The van der Waals surface area contributed by atoms with Crippen LogP contribution in [0.3, 0.4) is 0 Å². The van der Waals surface area contributed by atoms with Gasteiger partial charge >= 0.3 is 0 Å². The summed E-state index contributed by atoms with van der Waals surface area (Å²) in [6, 6.07) is 0.166. The van der Waals surface area contributed by atoms with Crippen LogP contribution in [0, 0.1) is 0 Å². The summed E-state index contributed by atoms with van der Waals surface area (Å²) in [5.41, 5.74) is 6.05. The zero-order valence-electron chi connectivity index (χ0n) is 11.6. The topological polar surface area (TPSA) is 53.7 Å². The smallest absolute Gasteiger partial charge is 0.0723 e. The molecule has 0 aromatic rings. The molecule has 0 amide bonds. The van der Waals surface area contributed by atoms with Gasteiger partial charge in [0.05, 0.1) is 19.3 Å². The molecule has 0 saturated heterocycles. The van der Waals surface area contributed by atoms with Gasteiger partial charge in [-0.1, -0.05) is 20.3 Å². The molecule has 0 aromatic heterocycles. The molecule has 2 N–H and O–H groups in total. The van der Waals surface area contributed by atoms with Crippen molar-refractivity contribution in [2.24, 2.45) is 5.73 Å². The van der Waals surface area contributed by atoms with Crippen LogP contribution in [0.15, 0.2) is 0 Å². The Morgan fingerprint density at radius 2 is 1.82 bits per heavy atom. The van der Waals surface area contributed by atoms with E-state index in [1.165, 1.54) is 0 Å². The summed E-state index contributed by atoms with van der Waals surface area (Å²) in [4.78, 5) is 0. The van der Waals surface area contributed by atoms with Crippen molar-refractivity contribution in [1.82, 2.24) is 0 Å². The van der Waals surface area contributed by atoms with Crippen LogP contribution < -0.4 is 5.73 Å². The van der Waals surface area contributed by atoms with Crippen molar-refractivity contribution in [1.29, 1.82) is 0 Å². The number of methoxy groups -OCH3 is 1. The highest BCUT2D eigenvalue weighted by Crippen LogP contribution is 2.08. The monoisotopic (exact) mass is 247 g/mol. The van der Waals surface area contributed by atoms with Gasteiger partial charge in [-0.25, -0.2) is 0 Å². The normalized spacial score (nSPS) is 14.8. The zero-order valence-corrected chi connectivity index (χ0v) is 11.6. The first-order valence-electron chi connectivity index (χ1n) is 6.70. The molecular weight excluding hydrogens is 218 g/mol. The van der Waals surface area contributed by atoms with E-state index < -0.39 is 0 Å². The third-order valence-electron chi connectivity index (χ3n) is 2.70. The van der Waals surface area contributed by atoms with Crippen molar-refractivity contribution in [3.8, 4) is 0 Å². The molecule has 0 radical (unpaired) electrons. The van der Waals surface area contributed by atoms with Crippen LogP contribution in [0.5, 0.6) is 0 Å². The van der Waals surface area contributed by atoms with Crippen molar-refractivity contribution in [3.05, 3.63) is 0 Å². The first kappa shape index (κ1) is 16.8. The SMILES string of the molecule is CCCC(N)C(CC)OCCCOCCOC. The quantitative estimate of drug-likeness (QED) is 0.536. The summed E-state index contributed by atoms with van der Waals surface area (Å²) in [6.45, 7) is 7.03. The second-order valence-electron chi connectivity index (χ2n) is 4.23. The molecule has 4 nitrogen and oxygen atoms in total. The molecular formula is C13H29NO3. The minimum atomic E-state index is 0.166. The molecule has 0 aliphatic rings. The van der Waals surface area contributed by atoms with E-state index in [1.807, 2.05) is 0 Å². The highest BCUT2D eigenvalue weighted by atomic mass is 16.5. The molecule has 4 heteroatoms. The van der Waals surface area contributed by atoms with Gasteiger partial charge in [0.2, 0.25) is 0 Å². The number of nitrogens with two attached hydrogens (primary N) is 1. The number of hydrogen-bond acceptors (Lipinski definition) is 4. The first-order valence-corrected chi connectivity index (χ1v) is 6.70. The fourth-order valence-electron chi connectivity index (χ4n) is 1.70. The van der Waals surface area contributed by atoms with Crippen molar-refractivity contribution in [3.63, 3.8) is 0 Å². The maximum Gasteiger partial charge on any atom is 0.0723 e. The maximum atomic E-state index is 6.05. The second-order valence-corrected chi connectivity index (χ2v) is 4.23. The number of hydrogen-bond donors (Lipinski definition) is 1. The van der Waals surface area contributed by atoms with Gasteiger partial charge in [0.15, 0.2) is 0 Å². The van der Waals surface area contributed by atoms with Crippen molar-refractivity contribution in [2.45, 2.75) is 51.7 Å². The fraction of sp³-hybridized carbons (Fsp3) is 1.00. The van der Waals surface area contributed by atoms with E-state index in [-0.39, 0.29) is 12.1 Å². The van der Waals surface area contributed by atoms with Gasteiger partial charge in [0.25, 0.3) is 0 Å². The molecule has 17 heavy (non-hydrogen) atoms. The molecule has 2 unspecified atom stereocenters. The molecule has 0 bridgehead atoms. The highest BCUT2D eigenvalue weighted by Gasteiger charge is 2.14. The van der Waals surface area contributed by atoms with E-state index in [0.717, 1.165) is 38.9 Å². The van der Waals surface area contributed by atoms with Crippen LogP contribution in [0.4, 0.5) is 0 Å². The largest absolute Gasteiger partial charge is 0.382 e. The van der Waals surface area contributed by atoms with Crippen LogP contribution in [0.1, 0.15) is 39.5 Å². The van der Waals surface area contributed by atoms with Crippen LogP contribution >= 0.6 is 0 Å². The summed E-state index contributed by atoms with van der Waals surface area (Å²) >= 11 is 0. The lowest BCUT2D eigenvalue weighted by Gasteiger charge is -2.22. The average Bonchev–Trinajstić information content (AvgIpc) is 2.33. The van der Waals surface area contributed by atoms with Crippen LogP contribution in [0.2, 0.25) is 0 Å². The molecule has 0 aliphatic heterocycles. The number of ether oxygens (including phenoxy) is 3.